The summed E-state index contributed by atoms with van der Waals surface area (Å²) in [5.41, 5.74) is 4.44. The number of methoxy groups -OCH3 is 1. The maximum atomic E-state index is 12.8. The third-order valence-corrected chi connectivity index (χ3v) is 4.96. The van der Waals surface area contributed by atoms with E-state index >= 15 is 0 Å². The number of carbonyl (C=O) groups is 2. The van der Waals surface area contributed by atoms with Gasteiger partial charge in [0.1, 0.15) is 17.5 Å². The molecule has 138 valence electrons. The Morgan fingerprint density at radius 3 is 2.04 bits per heavy atom. The van der Waals surface area contributed by atoms with E-state index in [0.29, 0.717) is 32.7 Å². The van der Waals surface area contributed by atoms with Crippen molar-refractivity contribution in [2.75, 3.05) is 26.9 Å². The molecule has 0 N–H and O–H groups in total. The first-order valence-corrected chi connectivity index (χ1v) is 9.26. The highest BCUT2D eigenvalue weighted by molar-refractivity contribution is 6.10. The van der Waals surface area contributed by atoms with Crippen molar-refractivity contribution in [3.8, 4) is 0 Å². The Morgan fingerprint density at radius 1 is 1.00 bits per heavy atom. The number of aryl methyl sites for hydroxylation is 3. The Hall–Kier alpha value is -1.52. The van der Waals surface area contributed by atoms with Crippen molar-refractivity contribution in [1.29, 1.82) is 0 Å². The van der Waals surface area contributed by atoms with Gasteiger partial charge in [-0.3, -0.25) is 9.59 Å². The molecule has 1 aliphatic rings. The lowest BCUT2D eigenvalue weighted by Gasteiger charge is -2.29. The molecule has 1 fully saturated rings. The maximum Gasteiger partial charge on any atom is 0.148 e. The molecule has 0 bridgehead atoms. The quantitative estimate of drug-likeness (QED) is 0.535. The van der Waals surface area contributed by atoms with Crippen LogP contribution in [0.25, 0.3) is 0 Å². The molecule has 0 unspecified atom stereocenters. The van der Waals surface area contributed by atoms with E-state index in [1.165, 1.54) is 5.56 Å². The van der Waals surface area contributed by atoms with Gasteiger partial charge in [-0.15, -0.1) is 0 Å². The van der Waals surface area contributed by atoms with Crippen molar-refractivity contribution in [2.24, 2.45) is 5.92 Å². The zero-order valence-electron chi connectivity index (χ0n) is 15.9. The van der Waals surface area contributed by atoms with Crippen LogP contribution >= 0.6 is 0 Å². The molecule has 1 saturated carbocycles. The van der Waals surface area contributed by atoms with E-state index in [9.17, 15) is 9.59 Å². The van der Waals surface area contributed by atoms with Crippen LogP contribution in [0, 0.1) is 12.8 Å². The predicted molar refractivity (Wildman–Crippen MR) is 98.1 cm³/mol. The molecule has 0 heterocycles. The van der Waals surface area contributed by atoms with Gasteiger partial charge < -0.3 is 9.47 Å². The fourth-order valence-corrected chi connectivity index (χ4v) is 3.80. The van der Waals surface area contributed by atoms with Crippen molar-refractivity contribution >= 4 is 11.6 Å². The Bertz CT molecular complexity index is 577. The Labute approximate surface area is 150 Å². The summed E-state index contributed by atoms with van der Waals surface area (Å²) in [6, 6.07) is 4.24. The maximum absolute atomic E-state index is 12.8. The zero-order valence-corrected chi connectivity index (χ0v) is 15.9. The fraction of sp³-hybridized carbons (Fsp3) is 0.619. The van der Waals surface area contributed by atoms with Crippen LogP contribution in [0.1, 0.15) is 54.9 Å². The largest absolute Gasteiger partial charge is 0.382 e. The summed E-state index contributed by atoms with van der Waals surface area (Å²) in [7, 11) is 1.62. The summed E-state index contributed by atoms with van der Waals surface area (Å²) in [4.78, 5) is 25.6. The van der Waals surface area contributed by atoms with E-state index in [0.717, 1.165) is 29.5 Å². The van der Waals surface area contributed by atoms with Crippen molar-refractivity contribution in [3.63, 3.8) is 0 Å². The summed E-state index contributed by atoms with van der Waals surface area (Å²) < 4.78 is 10.5. The highest BCUT2D eigenvalue weighted by Gasteiger charge is 2.38. The standard InChI is InChI=1S/C21H30O4/c1-5-16-9-14(3)10-17(6-2)20(16)21-18(22)11-15(12-19(21)23)13-25-8-7-24-4/h9-10,15,21H,5-8,11-13H2,1-4H3. The van der Waals surface area contributed by atoms with Gasteiger partial charge in [0.25, 0.3) is 0 Å². The van der Waals surface area contributed by atoms with Crippen molar-refractivity contribution < 1.29 is 19.1 Å². The van der Waals surface area contributed by atoms with E-state index in [2.05, 4.69) is 32.9 Å². The monoisotopic (exact) mass is 346 g/mol. The highest BCUT2D eigenvalue weighted by Crippen LogP contribution is 2.35. The predicted octanol–water partition coefficient (Wildman–Crippen LogP) is 3.41. The van der Waals surface area contributed by atoms with Gasteiger partial charge in [-0.2, -0.15) is 0 Å². The number of ether oxygens (including phenoxy) is 2. The Kier molecular flexibility index (Phi) is 7.33. The van der Waals surface area contributed by atoms with Crippen LogP contribution in [-0.2, 0) is 31.9 Å². The van der Waals surface area contributed by atoms with Crippen molar-refractivity contribution in [2.45, 2.75) is 52.4 Å². The molecule has 0 saturated heterocycles. The molecular weight excluding hydrogens is 316 g/mol. The van der Waals surface area contributed by atoms with E-state index in [1.807, 2.05) is 0 Å². The van der Waals surface area contributed by atoms with E-state index in [1.54, 1.807) is 7.11 Å². The number of benzene rings is 1. The van der Waals surface area contributed by atoms with Crippen LogP contribution in [-0.4, -0.2) is 38.5 Å². The summed E-state index contributed by atoms with van der Waals surface area (Å²) in [6.45, 7) is 7.71. The van der Waals surface area contributed by atoms with Crippen LogP contribution in [0.3, 0.4) is 0 Å². The number of rotatable bonds is 8. The van der Waals surface area contributed by atoms with Crippen LogP contribution in [0.4, 0.5) is 0 Å². The lowest BCUT2D eigenvalue weighted by Crippen LogP contribution is -2.35. The van der Waals surface area contributed by atoms with Crippen LogP contribution in [0.5, 0.6) is 0 Å². The van der Waals surface area contributed by atoms with Crippen LogP contribution in [0.15, 0.2) is 12.1 Å². The van der Waals surface area contributed by atoms with Gasteiger partial charge >= 0.3 is 0 Å². The second-order valence-electron chi connectivity index (χ2n) is 6.91. The Balaban J connectivity index is 2.19. The van der Waals surface area contributed by atoms with Crippen LogP contribution in [0.2, 0.25) is 0 Å². The first kappa shape index (κ1) is 19.8. The van der Waals surface area contributed by atoms with Gasteiger partial charge in [0, 0.05) is 20.0 Å². The first-order chi connectivity index (χ1) is 12.0. The zero-order chi connectivity index (χ0) is 18.4. The van der Waals surface area contributed by atoms with E-state index in [-0.39, 0.29) is 17.5 Å². The van der Waals surface area contributed by atoms with Crippen LogP contribution < -0.4 is 0 Å². The van der Waals surface area contributed by atoms with E-state index < -0.39 is 5.92 Å². The molecule has 0 aromatic heterocycles. The van der Waals surface area contributed by atoms with Gasteiger partial charge in [-0.25, -0.2) is 0 Å². The summed E-state index contributed by atoms with van der Waals surface area (Å²) >= 11 is 0. The molecule has 0 amide bonds. The minimum Gasteiger partial charge on any atom is -0.382 e. The lowest BCUT2D eigenvalue weighted by molar-refractivity contribution is -0.134. The molecule has 0 atom stereocenters. The third kappa shape index (κ3) is 4.77. The highest BCUT2D eigenvalue weighted by atomic mass is 16.5. The molecule has 0 aliphatic heterocycles. The molecule has 0 radical (unpaired) electrons. The second-order valence-corrected chi connectivity index (χ2v) is 6.91. The molecule has 0 spiro atoms. The molecule has 4 nitrogen and oxygen atoms in total. The smallest absolute Gasteiger partial charge is 0.148 e. The summed E-state index contributed by atoms with van der Waals surface area (Å²) in [5, 5.41) is 0. The van der Waals surface area contributed by atoms with Gasteiger partial charge in [0.05, 0.1) is 19.8 Å². The SMILES string of the molecule is CCc1cc(C)cc(CC)c1C1C(=O)CC(COCCOC)CC1=O. The molecule has 1 aromatic carbocycles. The minimum atomic E-state index is -0.583. The van der Waals surface area contributed by atoms with Crippen molar-refractivity contribution in [1.82, 2.24) is 0 Å². The number of Topliss-reactive ketones (excluding diaryl/α,β-unsaturated/α-hetero) is 2. The number of ketones is 2. The van der Waals surface area contributed by atoms with E-state index in [4.69, 9.17) is 9.47 Å². The normalized spacial score (nSPS) is 21.0. The average molecular weight is 346 g/mol. The van der Waals surface area contributed by atoms with Crippen molar-refractivity contribution in [3.05, 3.63) is 34.4 Å². The molecule has 25 heavy (non-hydrogen) atoms. The molecular formula is C21H30O4. The number of hydrogen-bond acceptors (Lipinski definition) is 4. The molecule has 2 rings (SSSR count). The second kappa shape index (κ2) is 9.25. The number of hydrogen-bond donors (Lipinski definition) is 0. The Morgan fingerprint density at radius 2 is 1.56 bits per heavy atom. The van der Waals surface area contributed by atoms with Gasteiger partial charge in [0.15, 0.2) is 0 Å². The summed E-state index contributed by atoms with van der Waals surface area (Å²) in [5.74, 6) is -0.496. The minimum absolute atomic E-state index is 0.00583. The molecule has 1 aliphatic carbocycles. The fourth-order valence-electron chi connectivity index (χ4n) is 3.80. The average Bonchev–Trinajstić information content (AvgIpc) is 2.58. The summed E-state index contributed by atoms with van der Waals surface area (Å²) in [6.07, 6.45) is 2.52. The first-order valence-electron chi connectivity index (χ1n) is 9.26. The topological polar surface area (TPSA) is 52.6 Å². The molecule has 1 aromatic rings. The van der Waals surface area contributed by atoms with Gasteiger partial charge in [0.2, 0.25) is 0 Å². The third-order valence-electron chi connectivity index (χ3n) is 4.96. The van der Waals surface area contributed by atoms with Gasteiger partial charge in [-0.05, 0) is 42.4 Å². The number of carbonyl (C=O) groups excluding carboxylic acids is 2. The van der Waals surface area contributed by atoms with Gasteiger partial charge in [-0.1, -0.05) is 31.5 Å². The lowest BCUT2D eigenvalue weighted by atomic mass is 9.73. The molecule has 4 heteroatoms.